The van der Waals surface area contributed by atoms with E-state index < -0.39 is 29.6 Å². The molecule has 40 heavy (non-hydrogen) atoms. The number of nitrogens with zero attached hydrogens (tertiary/aromatic N) is 2. The van der Waals surface area contributed by atoms with Gasteiger partial charge in [-0.1, -0.05) is 66.7 Å². The van der Waals surface area contributed by atoms with Gasteiger partial charge in [-0.05, 0) is 41.5 Å². The molecule has 0 saturated heterocycles. The minimum Gasteiger partial charge on any atom is -0.338 e. The molecular weight excluding hydrogens is 509 g/mol. The van der Waals surface area contributed by atoms with E-state index >= 15 is 4.39 Å². The van der Waals surface area contributed by atoms with Gasteiger partial charge in [0.2, 0.25) is 11.5 Å². The summed E-state index contributed by atoms with van der Waals surface area (Å²) in [4.78, 5) is 41.5. The summed E-state index contributed by atoms with van der Waals surface area (Å²) >= 11 is 0. The molecule has 8 nitrogen and oxygen atoms in total. The van der Waals surface area contributed by atoms with E-state index in [-0.39, 0.29) is 22.5 Å². The number of H-pyrrole nitrogens is 1. The molecular formula is C31H26FN5O3. The quantitative estimate of drug-likeness (QED) is 0.272. The van der Waals surface area contributed by atoms with Crippen LogP contribution >= 0.6 is 0 Å². The molecule has 0 fully saturated rings. The molecule has 0 spiro atoms. The number of aromatic amines is 1. The van der Waals surface area contributed by atoms with Gasteiger partial charge in [-0.2, -0.15) is 5.10 Å². The molecule has 0 radical (unpaired) electrons. The molecule has 9 heteroatoms. The standard InChI is InChI=1S/C31H26FN5O3/c1-37-26(17-18-33-37)30(39)36-29(28(20-9-4-2-5-10-20)21-11-6-3-7-12-21)31(40)34-22-15-16-23(24(32)19-22)25-13-8-14-27(38)35-25/h2-19,28-29H,1H3,(H,34,40)(H,35,38)(H,36,39)/t29-/m0/s1. The zero-order chi connectivity index (χ0) is 28.1. The van der Waals surface area contributed by atoms with Crippen LogP contribution in [0.4, 0.5) is 10.1 Å². The maximum absolute atomic E-state index is 15.1. The summed E-state index contributed by atoms with van der Waals surface area (Å²) in [5.41, 5.74) is 2.26. The third-order valence-corrected chi connectivity index (χ3v) is 6.57. The number of carbonyl (C=O) groups excluding carboxylic acids is 2. The van der Waals surface area contributed by atoms with Crippen LogP contribution in [-0.2, 0) is 11.8 Å². The van der Waals surface area contributed by atoms with Crippen LogP contribution in [0.25, 0.3) is 11.3 Å². The highest BCUT2D eigenvalue weighted by molar-refractivity contribution is 6.01. The van der Waals surface area contributed by atoms with Crippen LogP contribution in [0.3, 0.4) is 0 Å². The van der Waals surface area contributed by atoms with E-state index in [2.05, 4.69) is 20.7 Å². The number of pyridine rings is 1. The lowest BCUT2D eigenvalue weighted by Crippen LogP contribution is -2.48. The summed E-state index contributed by atoms with van der Waals surface area (Å²) in [5.74, 6) is -2.20. The van der Waals surface area contributed by atoms with Gasteiger partial charge in [-0.3, -0.25) is 19.1 Å². The molecule has 0 aliphatic carbocycles. The lowest BCUT2D eigenvalue weighted by Gasteiger charge is -2.28. The Morgan fingerprint density at radius 2 is 1.55 bits per heavy atom. The predicted octanol–water partition coefficient (Wildman–Crippen LogP) is 4.48. The van der Waals surface area contributed by atoms with Crippen molar-refractivity contribution in [1.29, 1.82) is 0 Å². The van der Waals surface area contributed by atoms with Gasteiger partial charge in [0.05, 0.1) is 5.69 Å². The lowest BCUT2D eigenvalue weighted by molar-refractivity contribution is -0.118. The summed E-state index contributed by atoms with van der Waals surface area (Å²) < 4.78 is 16.5. The zero-order valence-electron chi connectivity index (χ0n) is 21.5. The Morgan fingerprint density at radius 3 is 2.12 bits per heavy atom. The first-order chi connectivity index (χ1) is 19.4. The Bertz CT molecular complexity index is 1660. The third kappa shape index (κ3) is 5.73. The van der Waals surface area contributed by atoms with E-state index in [0.717, 1.165) is 11.1 Å². The molecule has 5 rings (SSSR count). The first-order valence-electron chi connectivity index (χ1n) is 12.6. The van der Waals surface area contributed by atoms with Crippen molar-refractivity contribution in [3.63, 3.8) is 0 Å². The SMILES string of the molecule is Cn1nccc1C(=O)N[C@H](C(=O)Nc1ccc(-c2cccc(=O)[nH]2)c(F)c1)C(c1ccccc1)c1ccccc1. The molecule has 0 saturated carbocycles. The Balaban J connectivity index is 1.51. The summed E-state index contributed by atoms with van der Waals surface area (Å²) in [6, 6.07) is 27.9. The molecule has 200 valence electrons. The van der Waals surface area contributed by atoms with Crippen molar-refractivity contribution in [3.05, 3.63) is 142 Å². The fraction of sp³-hybridized carbons (Fsp3) is 0.0968. The van der Waals surface area contributed by atoms with Crippen molar-refractivity contribution in [1.82, 2.24) is 20.1 Å². The fourth-order valence-corrected chi connectivity index (χ4v) is 4.65. The van der Waals surface area contributed by atoms with E-state index in [1.807, 2.05) is 60.7 Å². The van der Waals surface area contributed by atoms with E-state index in [1.54, 1.807) is 25.2 Å². The number of aryl methyl sites for hydroxylation is 1. The van der Waals surface area contributed by atoms with Crippen LogP contribution in [0.15, 0.2) is 114 Å². The van der Waals surface area contributed by atoms with Gasteiger partial charge in [0, 0.05) is 36.5 Å². The maximum atomic E-state index is 15.1. The molecule has 1 atom stereocenters. The second-order valence-electron chi connectivity index (χ2n) is 9.20. The number of hydrogen-bond acceptors (Lipinski definition) is 4. The monoisotopic (exact) mass is 535 g/mol. The Hall–Kier alpha value is -5.31. The van der Waals surface area contributed by atoms with Crippen LogP contribution in [0.2, 0.25) is 0 Å². The van der Waals surface area contributed by atoms with Gasteiger partial charge in [-0.15, -0.1) is 0 Å². The second kappa shape index (κ2) is 11.6. The lowest BCUT2D eigenvalue weighted by atomic mass is 9.84. The topological polar surface area (TPSA) is 109 Å². The van der Waals surface area contributed by atoms with Crippen LogP contribution in [0.1, 0.15) is 27.5 Å². The number of rotatable bonds is 8. The molecule has 3 aromatic carbocycles. The van der Waals surface area contributed by atoms with E-state index in [1.165, 1.54) is 35.1 Å². The first kappa shape index (κ1) is 26.3. The molecule has 0 aliphatic heterocycles. The molecule has 3 N–H and O–H groups in total. The average Bonchev–Trinajstić information content (AvgIpc) is 3.40. The van der Waals surface area contributed by atoms with Gasteiger partial charge >= 0.3 is 0 Å². The highest BCUT2D eigenvalue weighted by Gasteiger charge is 2.33. The normalized spacial score (nSPS) is 11.7. The Kier molecular flexibility index (Phi) is 7.63. The molecule has 2 heterocycles. The van der Waals surface area contributed by atoms with Crippen LogP contribution < -0.4 is 16.2 Å². The fourth-order valence-electron chi connectivity index (χ4n) is 4.65. The van der Waals surface area contributed by atoms with Crippen molar-refractivity contribution < 1.29 is 14.0 Å². The molecule has 5 aromatic rings. The summed E-state index contributed by atoms with van der Waals surface area (Å²) in [6.07, 6.45) is 1.50. The predicted molar refractivity (Wildman–Crippen MR) is 150 cm³/mol. The number of benzene rings is 3. The molecule has 0 aliphatic rings. The van der Waals surface area contributed by atoms with Crippen LogP contribution in [0.5, 0.6) is 0 Å². The van der Waals surface area contributed by atoms with Crippen molar-refractivity contribution >= 4 is 17.5 Å². The largest absolute Gasteiger partial charge is 0.338 e. The van der Waals surface area contributed by atoms with Crippen molar-refractivity contribution in [2.45, 2.75) is 12.0 Å². The van der Waals surface area contributed by atoms with Crippen molar-refractivity contribution in [2.75, 3.05) is 5.32 Å². The highest BCUT2D eigenvalue weighted by atomic mass is 19.1. The van der Waals surface area contributed by atoms with Gasteiger partial charge in [0.25, 0.3) is 5.91 Å². The summed E-state index contributed by atoms with van der Waals surface area (Å²) in [5, 5.41) is 9.72. The minimum atomic E-state index is -1.07. The highest BCUT2D eigenvalue weighted by Crippen LogP contribution is 2.30. The van der Waals surface area contributed by atoms with Gasteiger partial charge in [-0.25, -0.2) is 4.39 Å². The Morgan fingerprint density at radius 1 is 0.875 bits per heavy atom. The van der Waals surface area contributed by atoms with Gasteiger partial charge < -0.3 is 15.6 Å². The van der Waals surface area contributed by atoms with E-state index in [4.69, 9.17) is 0 Å². The Labute approximate surface area is 229 Å². The van der Waals surface area contributed by atoms with Gasteiger partial charge in [0.1, 0.15) is 17.6 Å². The summed E-state index contributed by atoms with van der Waals surface area (Å²) in [7, 11) is 1.64. The smallest absolute Gasteiger partial charge is 0.270 e. The number of halogens is 1. The number of nitrogens with one attached hydrogen (secondary N) is 3. The van der Waals surface area contributed by atoms with Crippen LogP contribution in [-0.4, -0.2) is 32.6 Å². The minimum absolute atomic E-state index is 0.184. The molecule has 2 amide bonds. The third-order valence-electron chi connectivity index (χ3n) is 6.57. The number of aromatic nitrogens is 3. The van der Waals surface area contributed by atoms with E-state index in [0.29, 0.717) is 5.69 Å². The zero-order valence-corrected chi connectivity index (χ0v) is 21.5. The summed E-state index contributed by atoms with van der Waals surface area (Å²) in [6.45, 7) is 0. The maximum Gasteiger partial charge on any atom is 0.270 e. The number of amides is 2. The van der Waals surface area contributed by atoms with Crippen molar-refractivity contribution in [2.24, 2.45) is 7.05 Å². The molecule has 0 bridgehead atoms. The van der Waals surface area contributed by atoms with Crippen molar-refractivity contribution in [3.8, 4) is 11.3 Å². The second-order valence-corrected chi connectivity index (χ2v) is 9.20. The molecule has 2 aromatic heterocycles. The number of hydrogen-bond donors (Lipinski definition) is 3. The first-order valence-corrected chi connectivity index (χ1v) is 12.6. The number of anilines is 1. The molecule has 0 unspecified atom stereocenters. The van der Waals surface area contributed by atoms with E-state index in [9.17, 15) is 14.4 Å². The van der Waals surface area contributed by atoms with Gasteiger partial charge in [0.15, 0.2) is 0 Å². The number of carbonyl (C=O) groups is 2. The average molecular weight is 536 g/mol. The van der Waals surface area contributed by atoms with Crippen LogP contribution in [0, 0.1) is 5.82 Å².